The molecule has 49 heavy (non-hydrogen) atoms. The minimum absolute atomic E-state index is 0.0424. The number of aromatic nitrogens is 2. The highest BCUT2D eigenvalue weighted by Crippen LogP contribution is 2.37. The number of halogens is 1. The fourth-order valence-corrected chi connectivity index (χ4v) is 7.65. The minimum Gasteiger partial charge on any atom is -0.444 e. The quantitative estimate of drug-likeness (QED) is 0.149. The van der Waals surface area contributed by atoms with Crippen molar-refractivity contribution in [3.8, 4) is 11.1 Å². The molecule has 0 unspecified atom stereocenters. The van der Waals surface area contributed by atoms with Gasteiger partial charge in [0.15, 0.2) is 0 Å². The van der Waals surface area contributed by atoms with E-state index in [1.165, 1.54) is 3.97 Å². The SMILES string of the molecule is CC(C)(C)OC(=O)Nc1ccc(C(=O)N[C@H]2CCC[C@@H](Nc3cc(-c4cn(S(=O)(=O)c5ccccc5)c5ccccc45)c(Cl)cn3)C2)cc1. The lowest BCUT2D eigenvalue weighted by molar-refractivity contribution is 0.0635. The predicted molar refractivity (Wildman–Crippen MR) is 193 cm³/mol. The number of nitrogens with one attached hydrogen (secondary N) is 3. The van der Waals surface area contributed by atoms with E-state index >= 15 is 0 Å². The molecule has 1 saturated carbocycles. The summed E-state index contributed by atoms with van der Waals surface area (Å²) in [6.07, 6.45) is 5.97. The van der Waals surface area contributed by atoms with E-state index in [0.29, 0.717) is 45.2 Å². The van der Waals surface area contributed by atoms with E-state index in [4.69, 9.17) is 16.3 Å². The predicted octanol–water partition coefficient (Wildman–Crippen LogP) is 8.09. The highest BCUT2D eigenvalue weighted by Gasteiger charge is 2.26. The number of nitrogens with zero attached hydrogens (tertiary/aromatic N) is 2. The van der Waals surface area contributed by atoms with Crippen molar-refractivity contribution in [2.45, 2.75) is 69.0 Å². The molecule has 2 atom stereocenters. The maximum absolute atomic E-state index is 13.7. The number of rotatable bonds is 8. The van der Waals surface area contributed by atoms with Crippen molar-refractivity contribution in [1.29, 1.82) is 0 Å². The number of amides is 2. The van der Waals surface area contributed by atoms with E-state index in [0.717, 1.165) is 24.6 Å². The number of ether oxygens (including phenoxy) is 1. The molecule has 5 aromatic rings. The van der Waals surface area contributed by atoms with Gasteiger partial charge in [0.1, 0.15) is 11.4 Å². The number of pyridine rings is 1. The Morgan fingerprint density at radius 3 is 2.35 bits per heavy atom. The standard InChI is InChI=1S/C37H38ClN5O5S/c1-37(2,3)48-36(45)42-25-18-16-24(17-19-25)35(44)41-27-11-9-10-26(20-27)40-34-21-30(32(38)22-39-34)31-23-43(33-15-8-7-14-29(31)33)49(46,47)28-12-5-4-6-13-28/h4-8,12-19,21-23,26-27H,9-11,20H2,1-3H3,(H,39,40)(H,41,44)(H,42,45)/t26-,27+/m1/s1. The van der Waals surface area contributed by atoms with Gasteiger partial charge >= 0.3 is 6.09 Å². The van der Waals surface area contributed by atoms with Crippen molar-refractivity contribution in [3.63, 3.8) is 0 Å². The van der Waals surface area contributed by atoms with Crippen LogP contribution in [-0.4, -0.2) is 47.1 Å². The Labute approximate surface area is 290 Å². The summed E-state index contributed by atoms with van der Waals surface area (Å²) in [4.78, 5) is 29.9. The molecule has 2 aromatic heterocycles. The molecule has 0 spiro atoms. The molecule has 3 N–H and O–H groups in total. The molecular weight excluding hydrogens is 662 g/mol. The fourth-order valence-electron chi connectivity index (χ4n) is 6.05. The summed E-state index contributed by atoms with van der Waals surface area (Å²) in [6, 6.07) is 24.2. The second-order valence-corrected chi connectivity index (χ2v) is 15.3. The topological polar surface area (TPSA) is 131 Å². The lowest BCUT2D eigenvalue weighted by Gasteiger charge is -2.30. The molecule has 10 nitrogen and oxygen atoms in total. The van der Waals surface area contributed by atoms with Gasteiger partial charge in [-0.1, -0.05) is 48.0 Å². The maximum atomic E-state index is 13.7. The van der Waals surface area contributed by atoms with E-state index in [-0.39, 0.29) is 22.9 Å². The number of carbonyl (C=O) groups excluding carboxylic acids is 2. The Bertz CT molecular complexity index is 2090. The smallest absolute Gasteiger partial charge is 0.412 e. The normalized spacial score (nSPS) is 16.6. The van der Waals surface area contributed by atoms with Crippen LogP contribution in [0.4, 0.5) is 16.3 Å². The van der Waals surface area contributed by atoms with E-state index < -0.39 is 21.7 Å². The summed E-state index contributed by atoms with van der Waals surface area (Å²) in [5, 5.41) is 10.5. The molecule has 0 bridgehead atoms. The number of carbonyl (C=O) groups is 2. The van der Waals surface area contributed by atoms with Gasteiger partial charge in [-0.3, -0.25) is 10.1 Å². The Balaban J connectivity index is 1.15. The van der Waals surface area contributed by atoms with Crippen LogP contribution in [0.25, 0.3) is 22.0 Å². The van der Waals surface area contributed by atoms with Crippen LogP contribution in [0, 0.1) is 0 Å². The monoisotopic (exact) mass is 699 g/mol. The summed E-state index contributed by atoms with van der Waals surface area (Å²) in [5.74, 6) is 0.412. The van der Waals surface area contributed by atoms with Gasteiger partial charge in [-0.2, -0.15) is 0 Å². The average Bonchev–Trinajstić information content (AvgIpc) is 3.46. The number of para-hydroxylation sites is 1. The van der Waals surface area contributed by atoms with Crippen molar-refractivity contribution in [3.05, 3.63) is 108 Å². The highest BCUT2D eigenvalue weighted by molar-refractivity contribution is 7.90. The summed E-state index contributed by atoms with van der Waals surface area (Å²) in [6.45, 7) is 5.37. The number of benzene rings is 3. The minimum atomic E-state index is -3.86. The van der Waals surface area contributed by atoms with E-state index in [1.807, 2.05) is 24.3 Å². The number of hydrogen-bond acceptors (Lipinski definition) is 7. The van der Waals surface area contributed by atoms with Crippen molar-refractivity contribution >= 4 is 56.0 Å². The summed E-state index contributed by atoms with van der Waals surface area (Å²) >= 11 is 6.69. The first kappa shape index (κ1) is 34.0. The molecule has 1 aliphatic carbocycles. The first-order chi connectivity index (χ1) is 23.4. The van der Waals surface area contributed by atoms with E-state index in [1.54, 1.807) is 93.8 Å². The van der Waals surface area contributed by atoms with Crippen molar-refractivity contribution in [2.24, 2.45) is 0 Å². The third-order valence-electron chi connectivity index (χ3n) is 8.28. The third kappa shape index (κ3) is 7.90. The zero-order valence-electron chi connectivity index (χ0n) is 27.4. The highest BCUT2D eigenvalue weighted by atomic mass is 35.5. The lowest BCUT2D eigenvalue weighted by atomic mass is 9.90. The first-order valence-electron chi connectivity index (χ1n) is 16.1. The number of hydrogen-bond donors (Lipinski definition) is 3. The van der Waals surface area contributed by atoms with Crippen LogP contribution in [0.3, 0.4) is 0 Å². The first-order valence-corrected chi connectivity index (χ1v) is 17.9. The molecule has 0 aliphatic heterocycles. The molecule has 1 fully saturated rings. The van der Waals surface area contributed by atoms with Crippen LogP contribution >= 0.6 is 11.6 Å². The van der Waals surface area contributed by atoms with Gasteiger partial charge in [0.25, 0.3) is 15.9 Å². The second-order valence-electron chi connectivity index (χ2n) is 13.1. The molecule has 12 heteroatoms. The van der Waals surface area contributed by atoms with Crippen molar-refractivity contribution < 1.29 is 22.7 Å². The summed E-state index contributed by atoms with van der Waals surface area (Å²) in [7, 11) is -3.86. The third-order valence-corrected chi connectivity index (χ3v) is 10.3. The van der Waals surface area contributed by atoms with Crippen LogP contribution in [0.2, 0.25) is 5.02 Å². The van der Waals surface area contributed by atoms with Crippen LogP contribution in [-0.2, 0) is 14.8 Å². The van der Waals surface area contributed by atoms with Gasteiger partial charge < -0.3 is 15.4 Å². The largest absolute Gasteiger partial charge is 0.444 e. The lowest BCUT2D eigenvalue weighted by Crippen LogP contribution is -2.41. The van der Waals surface area contributed by atoms with Gasteiger partial charge in [0, 0.05) is 52.2 Å². The van der Waals surface area contributed by atoms with Crippen LogP contribution in [0.1, 0.15) is 56.8 Å². The molecule has 254 valence electrons. The zero-order valence-corrected chi connectivity index (χ0v) is 29.0. The Morgan fingerprint density at radius 2 is 1.61 bits per heavy atom. The van der Waals surface area contributed by atoms with Gasteiger partial charge in [-0.25, -0.2) is 22.2 Å². The molecule has 2 heterocycles. The second kappa shape index (κ2) is 13.9. The Hall–Kier alpha value is -4.87. The fraction of sp³-hybridized carbons (Fsp3) is 0.270. The Kier molecular flexibility index (Phi) is 9.67. The Morgan fingerprint density at radius 1 is 0.918 bits per heavy atom. The molecule has 3 aromatic carbocycles. The van der Waals surface area contributed by atoms with E-state index in [2.05, 4.69) is 20.9 Å². The molecular formula is C37H38ClN5O5S. The van der Waals surface area contributed by atoms with Gasteiger partial charge in [-0.05, 0) is 95.0 Å². The number of anilines is 2. The number of fused-ring (bicyclic) bond motifs is 1. The maximum Gasteiger partial charge on any atom is 0.412 e. The van der Waals surface area contributed by atoms with Gasteiger partial charge in [0.05, 0.1) is 15.4 Å². The molecule has 0 radical (unpaired) electrons. The summed E-state index contributed by atoms with van der Waals surface area (Å²) in [5.41, 5.74) is 2.28. The average molecular weight is 700 g/mol. The van der Waals surface area contributed by atoms with Gasteiger partial charge in [-0.15, -0.1) is 0 Å². The van der Waals surface area contributed by atoms with Crippen LogP contribution in [0.15, 0.2) is 102 Å². The van der Waals surface area contributed by atoms with Gasteiger partial charge in [0.2, 0.25) is 0 Å². The van der Waals surface area contributed by atoms with Crippen LogP contribution < -0.4 is 16.0 Å². The molecule has 2 amide bonds. The van der Waals surface area contributed by atoms with Crippen molar-refractivity contribution in [1.82, 2.24) is 14.3 Å². The van der Waals surface area contributed by atoms with Crippen molar-refractivity contribution in [2.75, 3.05) is 10.6 Å². The summed E-state index contributed by atoms with van der Waals surface area (Å²) < 4.78 is 33.9. The van der Waals surface area contributed by atoms with E-state index in [9.17, 15) is 18.0 Å². The molecule has 6 rings (SSSR count). The molecule has 1 aliphatic rings. The zero-order chi connectivity index (χ0) is 34.8. The molecule has 0 saturated heterocycles. The van der Waals surface area contributed by atoms with Crippen LogP contribution in [0.5, 0.6) is 0 Å².